The maximum atomic E-state index is 11.0. The van der Waals surface area contributed by atoms with Gasteiger partial charge in [-0.25, -0.2) is 0 Å². The van der Waals surface area contributed by atoms with Gasteiger partial charge in [-0.2, -0.15) is 0 Å². The Labute approximate surface area is 113 Å². The minimum absolute atomic E-state index is 0.144. The summed E-state index contributed by atoms with van der Waals surface area (Å²) in [6.07, 6.45) is 4.18. The number of aliphatic hydroxyl groups is 1. The third-order valence-electron chi connectivity index (χ3n) is 4.04. The molecule has 0 amide bonds. The molecule has 19 heavy (non-hydrogen) atoms. The number of aromatic nitrogens is 1. The molecule has 0 spiro atoms. The molecule has 1 N–H and O–H groups in total. The lowest BCUT2D eigenvalue weighted by atomic mass is 9.81. The molecule has 3 rings (SSSR count). The number of pyridine rings is 1. The van der Waals surface area contributed by atoms with Crippen LogP contribution in [0.15, 0.2) is 36.5 Å². The normalized spacial score (nSPS) is 27.6. The molecule has 2 aromatic rings. The van der Waals surface area contributed by atoms with E-state index in [1.54, 1.807) is 6.20 Å². The van der Waals surface area contributed by atoms with Gasteiger partial charge in [0.25, 0.3) is 0 Å². The number of fused-ring (bicyclic) bond motifs is 1. The zero-order valence-corrected chi connectivity index (χ0v) is 11.2. The number of hydrogen-bond acceptors (Lipinski definition) is 3. The Kier molecular flexibility index (Phi) is 3.25. The Hall–Kier alpha value is -1.45. The lowest BCUT2D eigenvalue weighted by molar-refractivity contribution is -0.107. The number of nitrogens with zero attached hydrogens (tertiary/aromatic N) is 1. The van der Waals surface area contributed by atoms with Gasteiger partial charge in [0.2, 0.25) is 0 Å². The summed E-state index contributed by atoms with van der Waals surface area (Å²) < 4.78 is 5.68. The van der Waals surface area contributed by atoms with Crippen molar-refractivity contribution in [1.29, 1.82) is 0 Å². The quantitative estimate of drug-likeness (QED) is 0.899. The summed E-state index contributed by atoms with van der Waals surface area (Å²) in [5.41, 5.74) is 1.13. The number of benzene rings is 1. The van der Waals surface area contributed by atoms with E-state index in [9.17, 15) is 5.11 Å². The molecular formula is C16H19NO2. The highest BCUT2D eigenvalue weighted by Crippen LogP contribution is 2.38. The van der Waals surface area contributed by atoms with E-state index in [0.717, 1.165) is 22.9 Å². The van der Waals surface area contributed by atoms with Crippen LogP contribution in [-0.4, -0.2) is 22.8 Å². The fraction of sp³-hybridized carbons (Fsp3) is 0.438. The van der Waals surface area contributed by atoms with Gasteiger partial charge in [-0.3, -0.25) is 4.98 Å². The molecule has 0 bridgehead atoms. The third kappa shape index (κ3) is 2.24. The largest absolute Gasteiger partial charge is 0.385 e. The van der Waals surface area contributed by atoms with Gasteiger partial charge in [0.1, 0.15) is 0 Å². The molecule has 1 aromatic heterocycles. The van der Waals surface area contributed by atoms with Crippen molar-refractivity contribution in [1.82, 2.24) is 4.98 Å². The maximum Gasteiger partial charge on any atom is 0.0949 e. The summed E-state index contributed by atoms with van der Waals surface area (Å²) in [5, 5.41) is 12.1. The molecule has 3 heteroatoms. The first-order valence-electron chi connectivity index (χ1n) is 6.91. The molecule has 2 heterocycles. The van der Waals surface area contributed by atoms with E-state index in [2.05, 4.69) is 11.9 Å². The number of rotatable bonds is 2. The lowest BCUT2D eigenvalue weighted by Gasteiger charge is -2.37. The van der Waals surface area contributed by atoms with Crippen molar-refractivity contribution in [3.05, 3.63) is 42.1 Å². The molecule has 100 valence electrons. The van der Waals surface area contributed by atoms with E-state index in [-0.39, 0.29) is 6.10 Å². The van der Waals surface area contributed by atoms with E-state index in [4.69, 9.17) is 4.74 Å². The van der Waals surface area contributed by atoms with Gasteiger partial charge >= 0.3 is 0 Å². The fourth-order valence-electron chi connectivity index (χ4n) is 2.95. The Morgan fingerprint density at radius 2 is 2.26 bits per heavy atom. The summed E-state index contributed by atoms with van der Waals surface area (Å²) in [4.78, 5) is 4.36. The summed E-state index contributed by atoms with van der Waals surface area (Å²) >= 11 is 0. The molecular weight excluding hydrogens is 238 g/mol. The van der Waals surface area contributed by atoms with E-state index >= 15 is 0 Å². The Morgan fingerprint density at radius 3 is 3.11 bits per heavy atom. The smallest absolute Gasteiger partial charge is 0.0949 e. The molecule has 0 saturated carbocycles. The van der Waals surface area contributed by atoms with Crippen LogP contribution in [0.5, 0.6) is 0 Å². The van der Waals surface area contributed by atoms with E-state index < -0.39 is 5.60 Å². The van der Waals surface area contributed by atoms with Gasteiger partial charge in [-0.15, -0.1) is 0 Å². The van der Waals surface area contributed by atoms with Crippen LogP contribution in [0, 0.1) is 0 Å². The van der Waals surface area contributed by atoms with Gasteiger partial charge in [-0.1, -0.05) is 25.1 Å². The van der Waals surface area contributed by atoms with E-state index in [0.29, 0.717) is 19.4 Å². The van der Waals surface area contributed by atoms with Crippen LogP contribution < -0.4 is 0 Å². The Morgan fingerprint density at radius 1 is 1.37 bits per heavy atom. The zero-order valence-electron chi connectivity index (χ0n) is 11.2. The molecule has 2 unspecified atom stereocenters. The fourth-order valence-corrected chi connectivity index (χ4v) is 2.95. The van der Waals surface area contributed by atoms with Crippen molar-refractivity contribution >= 4 is 10.9 Å². The van der Waals surface area contributed by atoms with Gasteiger partial charge in [-0.05, 0) is 24.1 Å². The second kappa shape index (κ2) is 4.91. The molecule has 0 radical (unpaired) electrons. The standard InChI is InChI=1S/C16H19NO2/c1-2-12-11-16(18,8-10-19-12)14-6-3-7-15-13(14)5-4-9-17-15/h3-7,9,12,18H,2,8,10-11H2,1H3. The first-order chi connectivity index (χ1) is 9.23. The molecule has 2 atom stereocenters. The highest BCUT2D eigenvalue weighted by Gasteiger charge is 2.37. The van der Waals surface area contributed by atoms with Gasteiger partial charge in [0.05, 0.1) is 23.8 Å². The molecule has 3 nitrogen and oxygen atoms in total. The maximum absolute atomic E-state index is 11.0. The number of hydrogen-bond donors (Lipinski definition) is 1. The average Bonchev–Trinajstić information content (AvgIpc) is 2.46. The van der Waals surface area contributed by atoms with Crippen LogP contribution in [0.25, 0.3) is 10.9 Å². The molecule has 1 saturated heterocycles. The predicted octanol–water partition coefficient (Wildman–Crippen LogP) is 3.01. The van der Waals surface area contributed by atoms with Crippen molar-refractivity contribution < 1.29 is 9.84 Å². The van der Waals surface area contributed by atoms with Crippen LogP contribution in [0.4, 0.5) is 0 Å². The molecule has 1 aliphatic heterocycles. The number of ether oxygens (including phenoxy) is 1. The van der Waals surface area contributed by atoms with Gasteiger partial charge in [0, 0.05) is 24.4 Å². The van der Waals surface area contributed by atoms with Crippen molar-refractivity contribution in [3.63, 3.8) is 0 Å². The summed E-state index contributed by atoms with van der Waals surface area (Å²) in [7, 11) is 0. The van der Waals surface area contributed by atoms with Crippen LogP contribution in [0.2, 0.25) is 0 Å². The highest BCUT2D eigenvalue weighted by atomic mass is 16.5. The van der Waals surface area contributed by atoms with Gasteiger partial charge < -0.3 is 9.84 Å². The predicted molar refractivity (Wildman–Crippen MR) is 74.9 cm³/mol. The van der Waals surface area contributed by atoms with Crippen LogP contribution in [-0.2, 0) is 10.3 Å². The SMILES string of the molecule is CCC1CC(O)(c2cccc3ncccc23)CCO1. The molecule has 0 aliphatic carbocycles. The molecule has 1 aliphatic rings. The highest BCUT2D eigenvalue weighted by molar-refractivity contribution is 5.82. The zero-order chi connectivity index (χ0) is 13.3. The van der Waals surface area contributed by atoms with Crippen molar-refractivity contribution in [2.45, 2.75) is 37.9 Å². The minimum atomic E-state index is -0.790. The first-order valence-corrected chi connectivity index (χ1v) is 6.91. The van der Waals surface area contributed by atoms with Crippen LogP contribution in [0.3, 0.4) is 0 Å². The van der Waals surface area contributed by atoms with Gasteiger partial charge in [0.15, 0.2) is 0 Å². The van der Waals surface area contributed by atoms with Crippen molar-refractivity contribution in [3.8, 4) is 0 Å². The average molecular weight is 257 g/mol. The molecule has 1 fully saturated rings. The lowest BCUT2D eigenvalue weighted by Crippen LogP contribution is -2.38. The first kappa shape index (κ1) is 12.6. The summed E-state index contributed by atoms with van der Waals surface area (Å²) in [6, 6.07) is 9.93. The van der Waals surface area contributed by atoms with Crippen LogP contribution in [0.1, 0.15) is 31.7 Å². The minimum Gasteiger partial charge on any atom is -0.385 e. The van der Waals surface area contributed by atoms with Crippen molar-refractivity contribution in [2.75, 3.05) is 6.61 Å². The second-order valence-electron chi connectivity index (χ2n) is 5.26. The monoisotopic (exact) mass is 257 g/mol. The second-order valence-corrected chi connectivity index (χ2v) is 5.26. The van der Waals surface area contributed by atoms with E-state index in [1.807, 2.05) is 30.3 Å². The summed E-state index contributed by atoms with van der Waals surface area (Å²) in [5.74, 6) is 0. The summed E-state index contributed by atoms with van der Waals surface area (Å²) in [6.45, 7) is 2.71. The Balaban J connectivity index is 2.07. The third-order valence-corrected chi connectivity index (χ3v) is 4.04. The topological polar surface area (TPSA) is 42.4 Å². The van der Waals surface area contributed by atoms with Crippen LogP contribution >= 0.6 is 0 Å². The Bertz CT molecular complexity index is 578. The van der Waals surface area contributed by atoms with Crippen molar-refractivity contribution in [2.24, 2.45) is 0 Å². The molecule has 1 aromatic carbocycles. The van der Waals surface area contributed by atoms with E-state index in [1.165, 1.54) is 0 Å².